The van der Waals surface area contributed by atoms with Crippen molar-refractivity contribution in [1.29, 1.82) is 0 Å². The van der Waals surface area contributed by atoms with Gasteiger partial charge in [-0.05, 0) is 25.5 Å². The summed E-state index contributed by atoms with van der Waals surface area (Å²) in [4.78, 5) is 0. The molecule has 78 valence electrons. The average Bonchev–Trinajstić information content (AvgIpc) is 2.19. The molecule has 0 bridgehead atoms. The van der Waals surface area contributed by atoms with Crippen LogP contribution in [0.15, 0.2) is 0 Å². The Morgan fingerprint density at radius 3 is 3.00 bits per heavy atom. The highest BCUT2D eigenvalue weighted by atomic mass is 32.2. The topological polar surface area (TPSA) is 21.3 Å². The third-order valence-corrected chi connectivity index (χ3v) is 3.88. The summed E-state index contributed by atoms with van der Waals surface area (Å²) in [6, 6.07) is 0. The van der Waals surface area contributed by atoms with Crippen LogP contribution in [0.2, 0.25) is 0 Å². The fourth-order valence-corrected chi connectivity index (χ4v) is 2.77. The van der Waals surface area contributed by atoms with Gasteiger partial charge in [-0.15, -0.1) is 0 Å². The summed E-state index contributed by atoms with van der Waals surface area (Å²) in [5.74, 6) is 1.35. The Bertz CT molecular complexity index is 126. The zero-order valence-electron chi connectivity index (χ0n) is 8.71. The second-order valence-corrected chi connectivity index (χ2v) is 5.10. The normalized spacial score (nSPS) is 25.8. The number of hydrogen-bond donors (Lipinski definition) is 1. The fraction of sp³-hybridized carbons (Fsp3) is 1.00. The fourth-order valence-electron chi connectivity index (χ4n) is 1.50. The van der Waals surface area contributed by atoms with Crippen LogP contribution in [0, 0.1) is 0 Å². The molecule has 0 radical (unpaired) electrons. The van der Waals surface area contributed by atoms with Crippen LogP contribution < -0.4 is 5.32 Å². The summed E-state index contributed by atoms with van der Waals surface area (Å²) in [7, 11) is 1.77. The summed E-state index contributed by atoms with van der Waals surface area (Å²) >= 11 is 2.12. The van der Waals surface area contributed by atoms with Crippen LogP contribution in [0.3, 0.4) is 0 Å². The predicted molar refractivity (Wildman–Crippen MR) is 59.4 cm³/mol. The van der Waals surface area contributed by atoms with Crippen LogP contribution >= 0.6 is 11.8 Å². The van der Waals surface area contributed by atoms with Crippen LogP contribution in [-0.4, -0.2) is 37.3 Å². The molecule has 2 atom stereocenters. The van der Waals surface area contributed by atoms with E-state index in [1.165, 1.54) is 25.0 Å². The first-order valence-electron chi connectivity index (χ1n) is 5.18. The number of methoxy groups -OCH3 is 1. The highest BCUT2D eigenvalue weighted by Gasteiger charge is 2.13. The molecule has 1 rings (SSSR count). The number of thioether (sulfide) groups is 1. The summed E-state index contributed by atoms with van der Waals surface area (Å²) in [5, 5.41) is 4.31. The zero-order valence-corrected chi connectivity index (χ0v) is 9.53. The molecule has 3 heteroatoms. The molecule has 2 nitrogen and oxygen atoms in total. The van der Waals surface area contributed by atoms with Gasteiger partial charge in [0.2, 0.25) is 0 Å². The number of nitrogens with one attached hydrogen (secondary N) is 1. The largest absolute Gasteiger partial charge is 0.380 e. The minimum atomic E-state index is 0.341. The molecule has 1 saturated heterocycles. The standard InChI is InChI=1S/C10H21NOS/c1-9(12-2)7-11-8-10-5-3-4-6-13-10/h9-11H,3-8H2,1-2H3. The molecule has 0 aromatic heterocycles. The second-order valence-electron chi connectivity index (χ2n) is 3.69. The molecule has 0 spiro atoms. The molecule has 1 aliphatic rings. The van der Waals surface area contributed by atoms with E-state index >= 15 is 0 Å². The molecule has 0 aromatic rings. The van der Waals surface area contributed by atoms with Crippen LogP contribution in [-0.2, 0) is 4.74 Å². The van der Waals surface area contributed by atoms with E-state index in [1.807, 2.05) is 0 Å². The summed E-state index contributed by atoms with van der Waals surface area (Å²) in [6.45, 7) is 4.23. The third-order valence-electron chi connectivity index (χ3n) is 2.48. The molecule has 0 amide bonds. The monoisotopic (exact) mass is 203 g/mol. The summed E-state index contributed by atoms with van der Waals surface area (Å²) in [5.41, 5.74) is 0. The number of ether oxygens (including phenoxy) is 1. The Morgan fingerprint density at radius 2 is 2.38 bits per heavy atom. The van der Waals surface area contributed by atoms with E-state index in [-0.39, 0.29) is 0 Å². The number of hydrogen-bond acceptors (Lipinski definition) is 3. The first-order valence-corrected chi connectivity index (χ1v) is 6.23. The maximum absolute atomic E-state index is 5.17. The Kier molecular flexibility index (Phi) is 5.83. The van der Waals surface area contributed by atoms with Crippen molar-refractivity contribution in [3.63, 3.8) is 0 Å². The van der Waals surface area contributed by atoms with Gasteiger partial charge < -0.3 is 10.1 Å². The molecule has 0 aliphatic carbocycles. The maximum Gasteiger partial charge on any atom is 0.0667 e. The Morgan fingerprint density at radius 1 is 1.54 bits per heavy atom. The van der Waals surface area contributed by atoms with Gasteiger partial charge in [-0.2, -0.15) is 11.8 Å². The van der Waals surface area contributed by atoms with E-state index in [4.69, 9.17) is 4.74 Å². The molecule has 1 N–H and O–H groups in total. The molecule has 1 fully saturated rings. The van der Waals surface area contributed by atoms with E-state index in [9.17, 15) is 0 Å². The quantitative estimate of drug-likeness (QED) is 0.737. The van der Waals surface area contributed by atoms with Crippen molar-refractivity contribution in [1.82, 2.24) is 5.32 Å². The second kappa shape index (κ2) is 6.68. The molecule has 1 heterocycles. The lowest BCUT2D eigenvalue weighted by Crippen LogP contribution is -2.32. The Hall–Kier alpha value is 0.270. The predicted octanol–water partition coefficient (Wildman–Crippen LogP) is 1.90. The van der Waals surface area contributed by atoms with Crippen molar-refractivity contribution in [2.75, 3.05) is 26.0 Å². The van der Waals surface area contributed by atoms with Gasteiger partial charge >= 0.3 is 0 Å². The highest BCUT2D eigenvalue weighted by molar-refractivity contribution is 7.99. The van der Waals surface area contributed by atoms with Crippen LogP contribution in [0.25, 0.3) is 0 Å². The van der Waals surface area contributed by atoms with E-state index in [1.54, 1.807) is 7.11 Å². The molecule has 1 aliphatic heterocycles. The molecular weight excluding hydrogens is 182 g/mol. The van der Waals surface area contributed by atoms with Gasteiger partial charge in [0.25, 0.3) is 0 Å². The van der Waals surface area contributed by atoms with E-state index in [0.717, 1.165) is 18.3 Å². The van der Waals surface area contributed by atoms with E-state index in [2.05, 4.69) is 24.0 Å². The van der Waals surface area contributed by atoms with Gasteiger partial charge in [0, 0.05) is 25.4 Å². The van der Waals surface area contributed by atoms with Crippen molar-refractivity contribution >= 4 is 11.8 Å². The van der Waals surface area contributed by atoms with Gasteiger partial charge in [0.05, 0.1) is 6.10 Å². The third kappa shape index (κ3) is 4.89. The average molecular weight is 203 g/mol. The van der Waals surface area contributed by atoms with E-state index < -0.39 is 0 Å². The lowest BCUT2D eigenvalue weighted by Gasteiger charge is -2.22. The smallest absolute Gasteiger partial charge is 0.0667 e. The zero-order chi connectivity index (χ0) is 9.52. The van der Waals surface area contributed by atoms with Crippen molar-refractivity contribution in [3.05, 3.63) is 0 Å². The van der Waals surface area contributed by atoms with Crippen LogP contribution in [0.5, 0.6) is 0 Å². The SMILES string of the molecule is COC(C)CNCC1CCCCS1. The molecule has 13 heavy (non-hydrogen) atoms. The van der Waals surface area contributed by atoms with Gasteiger partial charge in [-0.25, -0.2) is 0 Å². The van der Waals surface area contributed by atoms with Crippen molar-refractivity contribution in [2.45, 2.75) is 37.5 Å². The van der Waals surface area contributed by atoms with Crippen molar-refractivity contribution in [3.8, 4) is 0 Å². The van der Waals surface area contributed by atoms with Crippen LogP contribution in [0.1, 0.15) is 26.2 Å². The minimum absolute atomic E-state index is 0.341. The summed E-state index contributed by atoms with van der Waals surface area (Å²) < 4.78 is 5.17. The summed E-state index contributed by atoms with van der Waals surface area (Å²) in [6.07, 6.45) is 4.56. The Labute approximate surface area is 85.8 Å². The first-order chi connectivity index (χ1) is 6.33. The lowest BCUT2D eigenvalue weighted by atomic mass is 10.2. The molecule has 0 saturated carbocycles. The lowest BCUT2D eigenvalue weighted by molar-refractivity contribution is 0.117. The highest BCUT2D eigenvalue weighted by Crippen LogP contribution is 2.24. The van der Waals surface area contributed by atoms with Crippen molar-refractivity contribution < 1.29 is 4.74 Å². The van der Waals surface area contributed by atoms with Gasteiger partial charge in [0.1, 0.15) is 0 Å². The van der Waals surface area contributed by atoms with Crippen molar-refractivity contribution in [2.24, 2.45) is 0 Å². The molecule has 2 unspecified atom stereocenters. The van der Waals surface area contributed by atoms with Gasteiger partial charge in [-0.1, -0.05) is 6.42 Å². The number of rotatable bonds is 5. The van der Waals surface area contributed by atoms with Gasteiger partial charge in [0.15, 0.2) is 0 Å². The van der Waals surface area contributed by atoms with Gasteiger partial charge in [-0.3, -0.25) is 0 Å². The first kappa shape index (κ1) is 11.3. The Balaban J connectivity index is 1.98. The minimum Gasteiger partial charge on any atom is -0.380 e. The molecular formula is C10H21NOS. The van der Waals surface area contributed by atoms with E-state index in [0.29, 0.717) is 6.10 Å². The molecule has 0 aromatic carbocycles. The maximum atomic E-state index is 5.17. The van der Waals surface area contributed by atoms with Crippen LogP contribution in [0.4, 0.5) is 0 Å².